The number of hydrogen-bond donors (Lipinski definition) is 4. The predicted octanol–water partition coefficient (Wildman–Crippen LogP) is -1.46. The standard InChI is InChI=1S/C12H20N3O5/c1-6(2)10(13)12(20)14-7(3)11(19)15-8(5-16)4-9(17)18/h6-8,10H,4,13H2,1-3H3,(H,14,20)(H,15,19)(H,17,18)/t7-,8-,10-/m0/s1. The summed E-state index contributed by atoms with van der Waals surface area (Å²) >= 11 is 0. The number of rotatable bonds is 8. The molecule has 0 aliphatic heterocycles. The minimum atomic E-state index is -1.25. The average molecular weight is 286 g/mol. The van der Waals surface area contributed by atoms with Gasteiger partial charge in [-0.2, -0.15) is 0 Å². The van der Waals surface area contributed by atoms with Gasteiger partial charge in [-0.05, 0) is 12.8 Å². The number of carbonyl (C=O) groups excluding carboxylic acids is 3. The summed E-state index contributed by atoms with van der Waals surface area (Å²) in [6.07, 6.45) is 0.845. The Hall–Kier alpha value is -1.96. The summed E-state index contributed by atoms with van der Waals surface area (Å²) < 4.78 is 0. The Morgan fingerprint density at radius 2 is 1.70 bits per heavy atom. The molecule has 3 atom stereocenters. The molecule has 0 aromatic carbocycles. The van der Waals surface area contributed by atoms with Crippen molar-refractivity contribution >= 4 is 24.1 Å². The van der Waals surface area contributed by atoms with E-state index >= 15 is 0 Å². The quantitative estimate of drug-likeness (QED) is 0.430. The number of nitrogens with one attached hydrogen (secondary N) is 2. The van der Waals surface area contributed by atoms with Gasteiger partial charge in [-0.3, -0.25) is 19.2 Å². The lowest BCUT2D eigenvalue weighted by Crippen LogP contribution is -2.53. The number of amides is 2. The van der Waals surface area contributed by atoms with E-state index in [0.717, 1.165) is 0 Å². The average Bonchev–Trinajstić information content (AvgIpc) is 2.35. The summed E-state index contributed by atoms with van der Waals surface area (Å²) in [5, 5.41) is 13.1. The van der Waals surface area contributed by atoms with Crippen molar-refractivity contribution in [2.75, 3.05) is 0 Å². The molecule has 0 unspecified atom stereocenters. The molecule has 0 saturated heterocycles. The zero-order valence-corrected chi connectivity index (χ0v) is 11.7. The molecular weight excluding hydrogens is 266 g/mol. The van der Waals surface area contributed by atoms with E-state index in [1.54, 1.807) is 13.8 Å². The first-order valence-corrected chi connectivity index (χ1v) is 6.14. The van der Waals surface area contributed by atoms with Crippen LogP contribution in [0.25, 0.3) is 0 Å². The Morgan fingerprint density at radius 3 is 2.10 bits per heavy atom. The summed E-state index contributed by atoms with van der Waals surface area (Å²) in [6, 6.07) is -2.94. The third-order valence-electron chi connectivity index (χ3n) is 2.61. The van der Waals surface area contributed by atoms with Crippen LogP contribution in [0.1, 0.15) is 27.2 Å². The van der Waals surface area contributed by atoms with Gasteiger partial charge in [0.1, 0.15) is 12.1 Å². The first kappa shape index (κ1) is 18.0. The summed E-state index contributed by atoms with van der Waals surface area (Å²) in [4.78, 5) is 44.3. The van der Waals surface area contributed by atoms with Gasteiger partial charge in [0.2, 0.25) is 18.1 Å². The van der Waals surface area contributed by atoms with Crippen molar-refractivity contribution in [1.82, 2.24) is 10.6 Å². The van der Waals surface area contributed by atoms with Crippen LogP contribution in [0.15, 0.2) is 0 Å². The van der Waals surface area contributed by atoms with Crippen LogP contribution in [0.5, 0.6) is 0 Å². The van der Waals surface area contributed by atoms with E-state index in [9.17, 15) is 19.2 Å². The molecule has 0 saturated carbocycles. The molecule has 5 N–H and O–H groups in total. The minimum absolute atomic E-state index is 0.0895. The van der Waals surface area contributed by atoms with E-state index in [-0.39, 0.29) is 5.92 Å². The maximum atomic E-state index is 11.7. The van der Waals surface area contributed by atoms with Crippen LogP contribution in [-0.4, -0.2) is 47.3 Å². The van der Waals surface area contributed by atoms with Crippen molar-refractivity contribution in [1.29, 1.82) is 0 Å². The first-order valence-electron chi connectivity index (χ1n) is 6.14. The van der Waals surface area contributed by atoms with Gasteiger partial charge >= 0.3 is 5.97 Å². The maximum absolute atomic E-state index is 11.7. The lowest BCUT2D eigenvalue weighted by molar-refractivity contribution is -0.137. The summed E-state index contributed by atoms with van der Waals surface area (Å²) in [5.74, 6) is -2.50. The summed E-state index contributed by atoms with van der Waals surface area (Å²) in [5.41, 5.74) is 5.62. The number of carboxylic acid groups (broad SMARTS) is 1. The zero-order chi connectivity index (χ0) is 15.9. The molecule has 0 aliphatic carbocycles. The second-order valence-electron chi connectivity index (χ2n) is 4.78. The van der Waals surface area contributed by atoms with Crippen LogP contribution in [0.4, 0.5) is 0 Å². The van der Waals surface area contributed by atoms with Gasteiger partial charge in [-0.1, -0.05) is 13.8 Å². The Balaban J connectivity index is 4.44. The van der Waals surface area contributed by atoms with Gasteiger partial charge in [0.15, 0.2) is 0 Å². The van der Waals surface area contributed by atoms with Gasteiger partial charge in [-0.25, -0.2) is 0 Å². The number of carboxylic acids is 1. The van der Waals surface area contributed by atoms with E-state index in [2.05, 4.69) is 10.6 Å². The van der Waals surface area contributed by atoms with E-state index in [1.165, 1.54) is 13.2 Å². The van der Waals surface area contributed by atoms with Crippen LogP contribution in [-0.2, 0) is 19.2 Å². The van der Waals surface area contributed by atoms with Gasteiger partial charge in [-0.15, -0.1) is 0 Å². The van der Waals surface area contributed by atoms with Crippen LogP contribution >= 0.6 is 0 Å². The van der Waals surface area contributed by atoms with Crippen LogP contribution in [0.2, 0.25) is 0 Å². The van der Waals surface area contributed by atoms with Crippen molar-refractivity contribution < 1.29 is 24.3 Å². The Bertz CT molecular complexity index is 383. The third kappa shape index (κ3) is 6.28. The first-order chi connectivity index (χ1) is 9.18. The van der Waals surface area contributed by atoms with Crippen LogP contribution < -0.4 is 16.4 Å². The molecule has 0 spiro atoms. The lowest BCUT2D eigenvalue weighted by Gasteiger charge is -2.20. The molecular formula is C12H20N3O5. The van der Waals surface area contributed by atoms with Gasteiger partial charge in [0, 0.05) is 0 Å². The van der Waals surface area contributed by atoms with Gasteiger partial charge < -0.3 is 21.5 Å². The molecule has 1 radical (unpaired) electrons. The van der Waals surface area contributed by atoms with Gasteiger partial charge in [0.25, 0.3) is 0 Å². The van der Waals surface area contributed by atoms with E-state index < -0.39 is 42.3 Å². The summed E-state index contributed by atoms with van der Waals surface area (Å²) in [7, 11) is 0. The Labute approximate surface area is 117 Å². The third-order valence-corrected chi connectivity index (χ3v) is 2.61. The molecule has 0 fully saturated rings. The van der Waals surface area contributed by atoms with Crippen molar-refractivity contribution in [3.05, 3.63) is 0 Å². The number of nitrogens with two attached hydrogens (primary N) is 1. The maximum Gasteiger partial charge on any atom is 0.305 e. The molecule has 0 heterocycles. The lowest BCUT2D eigenvalue weighted by atomic mass is 10.0. The molecule has 0 aromatic heterocycles. The fourth-order valence-corrected chi connectivity index (χ4v) is 1.27. The topological polar surface area (TPSA) is 139 Å². The van der Waals surface area contributed by atoms with E-state index in [4.69, 9.17) is 10.8 Å². The molecule has 0 aliphatic rings. The largest absolute Gasteiger partial charge is 0.481 e. The molecule has 8 nitrogen and oxygen atoms in total. The van der Waals surface area contributed by atoms with Crippen molar-refractivity contribution in [3.63, 3.8) is 0 Å². The second kappa shape index (κ2) is 8.26. The van der Waals surface area contributed by atoms with Crippen LogP contribution in [0.3, 0.4) is 0 Å². The zero-order valence-electron chi connectivity index (χ0n) is 11.7. The highest BCUT2D eigenvalue weighted by molar-refractivity contribution is 5.91. The molecule has 20 heavy (non-hydrogen) atoms. The Kier molecular flexibility index (Phi) is 7.45. The molecule has 0 bridgehead atoms. The minimum Gasteiger partial charge on any atom is -0.481 e. The highest BCUT2D eigenvalue weighted by Crippen LogP contribution is 1.99. The number of carbonyl (C=O) groups is 3. The SMILES string of the molecule is CC(C)[C@H](N)C(=O)N[C@@H](C)C(=O)N[C@H]([C]=O)CC(=O)O. The van der Waals surface area contributed by atoms with Crippen molar-refractivity contribution in [2.24, 2.45) is 11.7 Å². The number of hydrogen-bond acceptors (Lipinski definition) is 5. The normalized spacial score (nSPS) is 15.1. The van der Waals surface area contributed by atoms with Crippen molar-refractivity contribution in [2.45, 2.75) is 45.3 Å². The van der Waals surface area contributed by atoms with Crippen LogP contribution in [0, 0.1) is 5.92 Å². The highest BCUT2D eigenvalue weighted by Gasteiger charge is 2.24. The van der Waals surface area contributed by atoms with Gasteiger partial charge in [0.05, 0.1) is 12.5 Å². The predicted molar refractivity (Wildman–Crippen MR) is 70.3 cm³/mol. The van der Waals surface area contributed by atoms with Crippen molar-refractivity contribution in [3.8, 4) is 0 Å². The van der Waals surface area contributed by atoms with E-state index in [1.807, 2.05) is 0 Å². The fourth-order valence-electron chi connectivity index (χ4n) is 1.27. The molecule has 113 valence electrons. The highest BCUT2D eigenvalue weighted by atomic mass is 16.4. The second-order valence-corrected chi connectivity index (χ2v) is 4.78. The smallest absolute Gasteiger partial charge is 0.305 e. The monoisotopic (exact) mass is 286 g/mol. The molecule has 0 aromatic rings. The molecule has 8 heteroatoms. The van der Waals surface area contributed by atoms with E-state index in [0.29, 0.717) is 0 Å². The summed E-state index contributed by atoms with van der Waals surface area (Å²) in [6.45, 7) is 4.93. The Morgan fingerprint density at radius 1 is 1.15 bits per heavy atom. The molecule has 0 rings (SSSR count). The number of aliphatic carboxylic acids is 1. The fraction of sp³-hybridized carbons (Fsp3) is 0.667. The molecule has 2 amide bonds.